The third kappa shape index (κ3) is 2.76. The Morgan fingerprint density at radius 1 is 1.86 bits per heavy atom. The highest BCUT2D eigenvalue weighted by molar-refractivity contribution is 7.20. The zero-order chi connectivity index (χ0) is 5.91. The average molecular weight is 118 g/mol. The standard InChI is InChI=1S/C5H11OP/c1-3-5(2,7)4-6/h4H,3,7H2,1-2H3. The van der Waals surface area contributed by atoms with Crippen molar-refractivity contribution in [1.29, 1.82) is 0 Å². The van der Waals surface area contributed by atoms with Crippen LogP contribution in [0.15, 0.2) is 0 Å². The Hall–Kier alpha value is 0.100. The highest BCUT2D eigenvalue weighted by atomic mass is 31.0. The molecule has 7 heavy (non-hydrogen) atoms. The summed E-state index contributed by atoms with van der Waals surface area (Å²) in [5.74, 6) is 0. The molecule has 0 aromatic carbocycles. The van der Waals surface area contributed by atoms with E-state index in [-0.39, 0.29) is 5.16 Å². The first-order valence-corrected chi connectivity index (χ1v) is 2.95. The highest BCUT2D eigenvalue weighted by Crippen LogP contribution is 2.17. The number of aldehydes is 1. The monoisotopic (exact) mass is 118 g/mol. The second-order valence-electron chi connectivity index (χ2n) is 1.98. The van der Waals surface area contributed by atoms with E-state index in [0.717, 1.165) is 12.7 Å². The molecule has 2 atom stereocenters. The van der Waals surface area contributed by atoms with Crippen LogP contribution in [0.25, 0.3) is 0 Å². The Morgan fingerprint density at radius 2 is 2.29 bits per heavy atom. The lowest BCUT2D eigenvalue weighted by atomic mass is 10.1. The summed E-state index contributed by atoms with van der Waals surface area (Å²) in [6.45, 7) is 3.88. The number of carbonyl (C=O) groups excluding carboxylic acids is 1. The molecule has 0 rings (SSSR count). The average Bonchev–Trinajstić information content (AvgIpc) is 1.68. The van der Waals surface area contributed by atoms with Gasteiger partial charge in [-0.3, -0.25) is 0 Å². The third-order valence-electron chi connectivity index (χ3n) is 1.03. The van der Waals surface area contributed by atoms with Crippen LogP contribution in [0.5, 0.6) is 0 Å². The van der Waals surface area contributed by atoms with Crippen LogP contribution in [0, 0.1) is 0 Å². The molecule has 0 fully saturated rings. The summed E-state index contributed by atoms with van der Waals surface area (Å²) in [7, 11) is 2.50. The van der Waals surface area contributed by atoms with Crippen molar-refractivity contribution in [2.24, 2.45) is 0 Å². The van der Waals surface area contributed by atoms with E-state index in [9.17, 15) is 4.79 Å². The first-order chi connectivity index (χ1) is 3.12. The highest BCUT2D eigenvalue weighted by Gasteiger charge is 2.11. The van der Waals surface area contributed by atoms with Gasteiger partial charge in [-0.2, -0.15) is 0 Å². The van der Waals surface area contributed by atoms with Crippen LogP contribution in [0.4, 0.5) is 0 Å². The van der Waals surface area contributed by atoms with Crippen LogP contribution in [0.2, 0.25) is 0 Å². The lowest BCUT2D eigenvalue weighted by Gasteiger charge is -2.10. The zero-order valence-corrected chi connectivity index (χ0v) is 5.92. The second-order valence-corrected chi connectivity index (χ2v) is 3.30. The molecular formula is C5H11OP. The van der Waals surface area contributed by atoms with Gasteiger partial charge in [-0.05, 0) is 13.3 Å². The van der Waals surface area contributed by atoms with E-state index in [0.29, 0.717) is 0 Å². The van der Waals surface area contributed by atoms with Gasteiger partial charge in [0.05, 0.1) is 0 Å². The first kappa shape index (κ1) is 7.10. The summed E-state index contributed by atoms with van der Waals surface area (Å²) in [6, 6.07) is 0. The summed E-state index contributed by atoms with van der Waals surface area (Å²) in [6.07, 6.45) is 1.85. The van der Waals surface area contributed by atoms with Gasteiger partial charge in [0, 0.05) is 5.16 Å². The van der Waals surface area contributed by atoms with Crippen molar-refractivity contribution in [3.8, 4) is 0 Å². The van der Waals surface area contributed by atoms with Crippen molar-refractivity contribution in [1.82, 2.24) is 0 Å². The topological polar surface area (TPSA) is 17.1 Å². The van der Waals surface area contributed by atoms with Crippen LogP contribution in [-0.4, -0.2) is 11.4 Å². The fraction of sp³-hybridized carbons (Fsp3) is 0.800. The quantitative estimate of drug-likeness (QED) is 0.393. The van der Waals surface area contributed by atoms with E-state index in [2.05, 4.69) is 9.24 Å². The van der Waals surface area contributed by atoms with Gasteiger partial charge in [-0.15, -0.1) is 9.24 Å². The number of rotatable bonds is 2. The molecule has 0 N–H and O–H groups in total. The minimum Gasteiger partial charge on any atom is -0.302 e. The van der Waals surface area contributed by atoms with E-state index in [1.807, 2.05) is 13.8 Å². The fourth-order valence-electron chi connectivity index (χ4n) is 0.0833. The van der Waals surface area contributed by atoms with Gasteiger partial charge in [-0.1, -0.05) is 6.92 Å². The summed E-state index contributed by atoms with van der Waals surface area (Å²) in [5.41, 5.74) is 0. The van der Waals surface area contributed by atoms with Gasteiger partial charge in [0.15, 0.2) is 0 Å². The molecule has 0 saturated carbocycles. The van der Waals surface area contributed by atoms with Gasteiger partial charge in [0.25, 0.3) is 0 Å². The molecule has 0 heterocycles. The molecule has 0 bridgehead atoms. The van der Waals surface area contributed by atoms with Crippen LogP contribution in [0.3, 0.4) is 0 Å². The molecule has 42 valence electrons. The Kier molecular flexibility index (Phi) is 2.45. The normalized spacial score (nSPS) is 18.1. The van der Waals surface area contributed by atoms with Crippen molar-refractivity contribution in [3.63, 3.8) is 0 Å². The Morgan fingerprint density at radius 3 is 2.29 bits per heavy atom. The first-order valence-electron chi connectivity index (χ1n) is 2.37. The molecule has 0 saturated heterocycles. The Bertz CT molecular complexity index is 68.5. The maximum absolute atomic E-state index is 10.0. The lowest BCUT2D eigenvalue weighted by molar-refractivity contribution is -0.109. The maximum Gasteiger partial charge on any atom is 0.129 e. The van der Waals surface area contributed by atoms with Crippen LogP contribution >= 0.6 is 9.24 Å². The molecular weight excluding hydrogens is 107 g/mol. The molecule has 2 unspecified atom stereocenters. The van der Waals surface area contributed by atoms with E-state index < -0.39 is 0 Å². The van der Waals surface area contributed by atoms with E-state index in [1.165, 1.54) is 0 Å². The number of carbonyl (C=O) groups is 1. The molecule has 0 amide bonds. The summed E-state index contributed by atoms with van der Waals surface area (Å²) in [5, 5.41) is -0.181. The van der Waals surface area contributed by atoms with Crippen molar-refractivity contribution in [2.45, 2.75) is 25.4 Å². The predicted molar refractivity (Wildman–Crippen MR) is 34.5 cm³/mol. The van der Waals surface area contributed by atoms with E-state index >= 15 is 0 Å². The van der Waals surface area contributed by atoms with Gasteiger partial charge in [-0.25, -0.2) is 0 Å². The van der Waals surface area contributed by atoms with Crippen molar-refractivity contribution in [2.75, 3.05) is 0 Å². The minimum atomic E-state index is -0.181. The lowest BCUT2D eigenvalue weighted by Crippen LogP contribution is -2.14. The van der Waals surface area contributed by atoms with Gasteiger partial charge < -0.3 is 4.79 Å². The number of hydrogen-bond donors (Lipinski definition) is 0. The Balaban J connectivity index is 3.58. The zero-order valence-electron chi connectivity index (χ0n) is 4.77. The molecule has 0 spiro atoms. The molecule has 0 aromatic rings. The molecule has 0 aliphatic rings. The fourth-order valence-corrected chi connectivity index (χ4v) is 0.0833. The smallest absolute Gasteiger partial charge is 0.129 e. The van der Waals surface area contributed by atoms with E-state index in [4.69, 9.17) is 0 Å². The summed E-state index contributed by atoms with van der Waals surface area (Å²) in [4.78, 5) is 10.0. The van der Waals surface area contributed by atoms with Crippen molar-refractivity contribution >= 4 is 15.5 Å². The second kappa shape index (κ2) is 2.42. The largest absolute Gasteiger partial charge is 0.302 e. The Labute approximate surface area is 46.7 Å². The van der Waals surface area contributed by atoms with E-state index in [1.54, 1.807) is 0 Å². The molecule has 2 heteroatoms. The summed E-state index contributed by atoms with van der Waals surface area (Å²) >= 11 is 0. The van der Waals surface area contributed by atoms with Gasteiger partial charge >= 0.3 is 0 Å². The van der Waals surface area contributed by atoms with Gasteiger partial charge in [0.1, 0.15) is 6.29 Å². The maximum atomic E-state index is 10.0. The third-order valence-corrected chi connectivity index (χ3v) is 1.58. The SMILES string of the molecule is CCC(C)(P)C=O. The van der Waals surface area contributed by atoms with Crippen LogP contribution in [-0.2, 0) is 4.79 Å². The molecule has 0 aliphatic carbocycles. The van der Waals surface area contributed by atoms with Gasteiger partial charge in [0.2, 0.25) is 0 Å². The summed E-state index contributed by atoms with van der Waals surface area (Å²) < 4.78 is 0. The molecule has 0 aromatic heterocycles. The molecule has 0 aliphatic heterocycles. The molecule has 1 nitrogen and oxygen atoms in total. The van der Waals surface area contributed by atoms with Crippen molar-refractivity contribution < 1.29 is 4.79 Å². The van der Waals surface area contributed by atoms with Crippen LogP contribution < -0.4 is 0 Å². The molecule has 0 radical (unpaired) electrons. The van der Waals surface area contributed by atoms with Crippen LogP contribution in [0.1, 0.15) is 20.3 Å². The number of hydrogen-bond acceptors (Lipinski definition) is 1. The predicted octanol–water partition coefficient (Wildman–Crippen LogP) is 1.23. The van der Waals surface area contributed by atoms with Crippen molar-refractivity contribution in [3.05, 3.63) is 0 Å². The minimum absolute atomic E-state index is 0.181.